The van der Waals surface area contributed by atoms with Crippen LogP contribution in [0.3, 0.4) is 0 Å². The molecule has 2 rings (SSSR count). The van der Waals surface area contributed by atoms with E-state index in [1.807, 2.05) is 27.7 Å². The van der Waals surface area contributed by atoms with Gasteiger partial charge in [0.25, 0.3) is 0 Å². The van der Waals surface area contributed by atoms with Gasteiger partial charge in [-0.05, 0) is 6.42 Å². The van der Waals surface area contributed by atoms with Crippen LogP contribution in [-0.4, -0.2) is 30.2 Å². The highest BCUT2D eigenvalue weighted by Crippen LogP contribution is 2.20. The van der Waals surface area contributed by atoms with Gasteiger partial charge in [-0.2, -0.15) is 4.98 Å². The summed E-state index contributed by atoms with van der Waals surface area (Å²) in [5.41, 5.74) is 0.388. The number of rotatable bonds is 4. The van der Waals surface area contributed by atoms with Crippen LogP contribution in [0.25, 0.3) is 0 Å². The first-order valence-electron chi connectivity index (χ1n) is 6.31. The zero-order valence-corrected chi connectivity index (χ0v) is 11.7. The summed E-state index contributed by atoms with van der Waals surface area (Å²) in [5, 5.41) is 21.4. The first-order chi connectivity index (χ1) is 8.90. The maximum Gasteiger partial charge on any atom is 0.232 e. The minimum absolute atomic E-state index is 0.169. The van der Waals surface area contributed by atoms with Gasteiger partial charge in [0, 0.05) is 5.41 Å². The minimum Gasteiger partial charge on any atom is -0.387 e. The number of aliphatic hydroxyl groups is 1. The van der Waals surface area contributed by atoms with Crippen LogP contribution in [0.1, 0.15) is 57.6 Å². The third kappa shape index (κ3) is 3.17. The summed E-state index contributed by atoms with van der Waals surface area (Å²) in [6, 6.07) is 0. The van der Waals surface area contributed by atoms with Gasteiger partial charge in [0.1, 0.15) is 12.2 Å². The summed E-state index contributed by atoms with van der Waals surface area (Å²) in [7, 11) is 0. The normalized spacial score (nSPS) is 13.7. The monoisotopic (exact) mass is 265 g/mol. The maximum absolute atomic E-state index is 9.65. The van der Waals surface area contributed by atoms with Gasteiger partial charge in [-0.1, -0.05) is 38.1 Å². The number of hydrogen-bond donors (Lipinski definition) is 1. The second kappa shape index (κ2) is 5.08. The Morgan fingerprint density at radius 3 is 2.74 bits per heavy atom. The lowest BCUT2D eigenvalue weighted by Crippen LogP contribution is -2.12. The summed E-state index contributed by atoms with van der Waals surface area (Å²) in [5.74, 6) is 1.14. The summed E-state index contributed by atoms with van der Waals surface area (Å²) < 4.78 is 6.79. The standard InChI is InChI=1S/C12H19N5O2/c1-5-9(18)8-6-17(16-14-8)7-10-13-11(19-15-10)12(2,3)4/h6,9,18H,5,7H2,1-4H3. The third-order valence-electron chi connectivity index (χ3n) is 2.70. The Morgan fingerprint density at radius 2 is 2.16 bits per heavy atom. The van der Waals surface area contributed by atoms with Gasteiger partial charge in [-0.15, -0.1) is 5.10 Å². The van der Waals surface area contributed by atoms with Crippen molar-refractivity contribution in [1.82, 2.24) is 25.1 Å². The van der Waals surface area contributed by atoms with Gasteiger partial charge in [0.15, 0.2) is 5.82 Å². The zero-order chi connectivity index (χ0) is 14.0. The van der Waals surface area contributed by atoms with E-state index in [0.717, 1.165) is 0 Å². The molecular weight excluding hydrogens is 246 g/mol. The Hall–Kier alpha value is -1.76. The Bertz CT molecular complexity index is 540. The van der Waals surface area contributed by atoms with Crippen LogP contribution >= 0.6 is 0 Å². The molecule has 0 aromatic carbocycles. The SMILES string of the molecule is CCC(O)c1cn(Cc2noc(C(C)(C)C)n2)nn1. The van der Waals surface area contributed by atoms with Crippen molar-refractivity contribution < 1.29 is 9.63 Å². The third-order valence-corrected chi connectivity index (χ3v) is 2.70. The Kier molecular flexibility index (Phi) is 3.66. The summed E-state index contributed by atoms with van der Waals surface area (Å²) in [6.07, 6.45) is 1.72. The molecule has 1 unspecified atom stereocenters. The van der Waals surface area contributed by atoms with E-state index in [1.54, 1.807) is 10.9 Å². The van der Waals surface area contributed by atoms with Gasteiger partial charge in [-0.3, -0.25) is 0 Å². The van der Waals surface area contributed by atoms with Crippen molar-refractivity contribution in [2.24, 2.45) is 0 Å². The number of aromatic nitrogens is 5. The van der Waals surface area contributed by atoms with E-state index in [-0.39, 0.29) is 5.41 Å². The molecule has 0 saturated heterocycles. The molecule has 1 atom stereocenters. The van der Waals surface area contributed by atoms with E-state index in [4.69, 9.17) is 4.52 Å². The predicted octanol–water partition coefficient (Wildman–Crippen LogP) is 1.45. The van der Waals surface area contributed by atoms with Crippen LogP contribution in [-0.2, 0) is 12.0 Å². The highest BCUT2D eigenvalue weighted by molar-refractivity contribution is 5.00. The molecule has 0 aliphatic heterocycles. The smallest absolute Gasteiger partial charge is 0.232 e. The molecule has 7 nitrogen and oxygen atoms in total. The molecule has 2 aromatic heterocycles. The van der Waals surface area contributed by atoms with E-state index in [9.17, 15) is 5.11 Å². The summed E-state index contributed by atoms with van der Waals surface area (Å²) in [6.45, 7) is 8.29. The molecule has 19 heavy (non-hydrogen) atoms. The Morgan fingerprint density at radius 1 is 1.42 bits per heavy atom. The number of aliphatic hydroxyl groups excluding tert-OH is 1. The quantitative estimate of drug-likeness (QED) is 0.899. The van der Waals surface area contributed by atoms with Crippen molar-refractivity contribution in [2.75, 3.05) is 0 Å². The molecule has 7 heteroatoms. The topological polar surface area (TPSA) is 89.9 Å². The van der Waals surface area contributed by atoms with Crippen molar-refractivity contribution in [3.05, 3.63) is 23.6 Å². The fourth-order valence-corrected chi connectivity index (χ4v) is 1.52. The van der Waals surface area contributed by atoms with E-state index in [0.29, 0.717) is 30.4 Å². The lowest BCUT2D eigenvalue weighted by molar-refractivity contribution is 0.168. The van der Waals surface area contributed by atoms with Gasteiger partial charge < -0.3 is 9.63 Å². The first-order valence-corrected chi connectivity index (χ1v) is 6.31. The van der Waals surface area contributed by atoms with Gasteiger partial charge in [0.05, 0.1) is 12.3 Å². The molecule has 0 saturated carbocycles. The van der Waals surface area contributed by atoms with Crippen LogP contribution in [0.15, 0.2) is 10.7 Å². The van der Waals surface area contributed by atoms with Crippen molar-refractivity contribution in [2.45, 2.75) is 52.2 Å². The molecule has 0 fully saturated rings. The van der Waals surface area contributed by atoms with Gasteiger partial charge >= 0.3 is 0 Å². The molecule has 1 N–H and O–H groups in total. The average Bonchev–Trinajstić information content (AvgIpc) is 2.97. The number of hydrogen-bond acceptors (Lipinski definition) is 6. The van der Waals surface area contributed by atoms with E-state index >= 15 is 0 Å². The Balaban J connectivity index is 2.09. The van der Waals surface area contributed by atoms with Crippen LogP contribution < -0.4 is 0 Å². The summed E-state index contributed by atoms with van der Waals surface area (Å²) in [4.78, 5) is 4.32. The van der Waals surface area contributed by atoms with Crippen LogP contribution in [0.5, 0.6) is 0 Å². The van der Waals surface area contributed by atoms with E-state index in [2.05, 4.69) is 20.5 Å². The second-order valence-corrected chi connectivity index (χ2v) is 5.53. The molecular formula is C12H19N5O2. The molecule has 2 heterocycles. The molecule has 104 valence electrons. The zero-order valence-electron chi connectivity index (χ0n) is 11.7. The van der Waals surface area contributed by atoms with Crippen LogP contribution in [0.2, 0.25) is 0 Å². The molecule has 2 aromatic rings. The lowest BCUT2D eigenvalue weighted by atomic mass is 9.97. The van der Waals surface area contributed by atoms with Gasteiger partial charge in [0.2, 0.25) is 5.89 Å². The van der Waals surface area contributed by atoms with Crippen molar-refractivity contribution in [3.8, 4) is 0 Å². The molecule has 0 radical (unpaired) electrons. The van der Waals surface area contributed by atoms with Crippen molar-refractivity contribution in [1.29, 1.82) is 0 Å². The fourth-order valence-electron chi connectivity index (χ4n) is 1.52. The predicted molar refractivity (Wildman–Crippen MR) is 67.4 cm³/mol. The largest absolute Gasteiger partial charge is 0.387 e. The van der Waals surface area contributed by atoms with Crippen molar-refractivity contribution >= 4 is 0 Å². The van der Waals surface area contributed by atoms with Gasteiger partial charge in [-0.25, -0.2) is 4.68 Å². The highest BCUT2D eigenvalue weighted by Gasteiger charge is 2.22. The van der Waals surface area contributed by atoms with E-state index in [1.165, 1.54) is 0 Å². The minimum atomic E-state index is -0.579. The molecule has 0 aliphatic rings. The lowest BCUT2D eigenvalue weighted by Gasteiger charge is -2.10. The molecule has 0 aliphatic carbocycles. The van der Waals surface area contributed by atoms with E-state index < -0.39 is 6.10 Å². The van der Waals surface area contributed by atoms with Crippen LogP contribution in [0, 0.1) is 0 Å². The van der Waals surface area contributed by atoms with Crippen molar-refractivity contribution in [3.63, 3.8) is 0 Å². The fraction of sp³-hybridized carbons (Fsp3) is 0.667. The maximum atomic E-state index is 9.65. The molecule has 0 amide bonds. The average molecular weight is 265 g/mol. The first kappa shape index (κ1) is 13.7. The molecule has 0 spiro atoms. The highest BCUT2D eigenvalue weighted by atomic mass is 16.5. The molecule has 0 bridgehead atoms. The second-order valence-electron chi connectivity index (χ2n) is 5.53. The van der Waals surface area contributed by atoms with Crippen LogP contribution in [0.4, 0.5) is 0 Å². The summed E-state index contributed by atoms with van der Waals surface area (Å²) >= 11 is 0. The number of nitrogens with zero attached hydrogens (tertiary/aromatic N) is 5. The Labute approximate surface area is 111 Å².